The molecule has 2 aromatic carbocycles. The normalized spacial score (nSPS) is 16.4. The number of rotatable bonds is 5. The summed E-state index contributed by atoms with van der Waals surface area (Å²) in [7, 11) is 0. The second-order valence-electron chi connectivity index (χ2n) is 6.64. The van der Waals surface area contributed by atoms with Crippen molar-refractivity contribution in [3.63, 3.8) is 0 Å². The van der Waals surface area contributed by atoms with E-state index in [1.807, 2.05) is 48.5 Å². The lowest BCUT2D eigenvalue weighted by atomic mass is 10.1. The number of halogens is 1. The van der Waals surface area contributed by atoms with Crippen LogP contribution in [-0.4, -0.2) is 38.4 Å². The Hall–Kier alpha value is -3.19. The quantitative estimate of drug-likeness (QED) is 0.694. The Morgan fingerprint density at radius 3 is 2.71 bits per heavy atom. The van der Waals surface area contributed by atoms with E-state index in [9.17, 15) is 9.59 Å². The molecule has 2 amide bonds. The first-order valence-electron chi connectivity index (χ1n) is 8.90. The van der Waals surface area contributed by atoms with E-state index in [0.29, 0.717) is 29.5 Å². The van der Waals surface area contributed by atoms with Gasteiger partial charge in [-0.05, 0) is 17.7 Å². The molecule has 142 valence electrons. The minimum atomic E-state index is -0.432. The van der Waals surface area contributed by atoms with Crippen molar-refractivity contribution < 1.29 is 9.59 Å². The smallest absolute Gasteiger partial charge is 0.249 e. The first kappa shape index (κ1) is 18.2. The van der Waals surface area contributed by atoms with E-state index < -0.39 is 5.92 Å². The molecule has 0 aliphatic carbocycles. The number of anilines is 1. The summed E-state index contributed by atoms with van der Waals surface area (Å²) < 4.78 is 0. The largest absolute Gasteiger partial charge is 0.338 e. The lowest BCUT2D eigenvalue weighted by Crippen LogP contribution is -2.28. The first-order valence-corrected chi connectivity index (χ1v) is 9.28. The highest BCUT2D eigenvalue weighted by molar-refractivity contribution is 6.33. The molecule has 1 aliphatic rings. The number of hydrogen-bond donors (Lipinski definition) is 2. The van der Waals surface area contributed by atoms with Gasteiger partial charge in [0.1, 0.15) is 0 Å². The zero-order chi connectivity index (χ0) is 19.5. The van der Waals surface area contributed by atoms with Crippen LogP contribution in [0.5, 0.6) is 0 Å². The number of carbonyl (C=O) groups excluding carboxylic acids is 2. The summed E-state index contributed by atoms with van der Waals surface area (Å²) >= 11 is 6.16. The summed E-state index contributed by atoms with van der Waals surface area (Å²) in [4.78, 5) is 30.8. The van der Waals surface area contributed by atoms with Crippen LogP contribution in [0.2, 0.25) is 5.02 Å². The Balaban J connectivity index is 1.39. The molecule has 4 rings (SSSR count). The second-order valence-corrected chi connectivity index (χ2v) is 7.04. The zero-order valence-corrected chi connectivity index (χ0v) is 15.7. The lowest BCUT2D eigenvalue weighted by molar-refractivity contribution is -0.128. The van der Waals surface area contributed by atoms with Crippen molar-refractivity contribution in [3.05, 3.63) is 65.2 Å². The predicted octanol–water partition coefficient (Wildman–Crippen LogP) is 3.11. The maximum absolute atomic E-state index is 12.6. The number of amides is 2. The van der Waals surface area contributed by atoms with Gasteiger partial charge in [0.15, 0.2) is 5.82 Å². The number of likely N-dealkylation sites (tertiary alicyclic amines) is 1. The number of H-pyrrole nitrogens is 1. The van der Waals surface area contributed by atoms with Crippen LogP contribution in [0, 0.1) is 5.92 Å². The van der Waals surface area contributed by atoms with Gasteiger partial charge in [-0.15, -0.1) is 5.10 Å². The summed E-state index contributed by atoms with van der Waals surface area (Å²) in [5, 5.41) is 10.0. The summed E-state index contributed by atoms with van der Waals surface area (Å²) in [5.41, 5.74) is 1.73. The summed E-state index contributed by atoms with van der Waals surface area (Å²) in [6.07, 6.45) is 0.181. The van der Waals surface area contributed by atoms with Gasteiger partial charge in [0.25, 0.3) is 0 Å². The van der Waals surface area contributed by atoms with Crippen LogP contribution >= 0.6 is 11.6 Å². The highest BCUT2D eigenvalue weighted by Crippen LogP contribution is 2.25. The van der Waals surface area contributed by atoms with E-state index in [2.05, 4.69) is 20.5 Å². The molecule has 2 heterocycles. The zero-order valence-electron chi connectivity index (χ0n) is 14.9. The molecule has 8 heteroatoms. The molecular formula is C20H18ClN5O2. The van der Waals surface area contributed by atoms with Gasteiger partial charge < -0.3 is 4.90 Å². The second kappa shape index (κ2) is 7.82. The Labute approximate surface area is 166 Å². The molecular weight excluding hydrogens is 378 g/mol. The Morgan fingerprint density at radius 2 is 1.93 bits per heavy atom. The standard InChI is InChI=1S/C20H18ClN5O2/c21-16-9-5-4-8-15(16)18-22-20(25-24-18)23-19(28)14-10-17(27)26(12-14)11-13-6-2-1-3-7-13/h1-9,14H,10-12H2,(H2,22,23,24,25,28). The highest BCUT2D eigenvalue weighted by Gasteiger charge is 2.34. The van der Waals surface area contributed by atoms with E-state index in [-0.39, 0.29) is 24.2 Å². The Morgan fingerprint density at radius 1 is 1.18 bits per heavy atom. The molecule has 1 atom stereocenters. The van der Waals surface area contributed by atoms with Gasteiger partial charge in [0.05, 0.1) is 10.9 Å². The summed E-state index contributed by atoms with van der Waals surface area (Å²) in [6, 6.07) is 16.9. The van der Waals surface area contributed by atoms with Gasteiger partial charge >= 0.3 is 0 Å². The molecule has 1 aliphatic heterocycles. The maximum atomic E-state index is 12.6. The number of aromatic nitrogens is 3. The van der Waals surface area contributed by atoms with Gasteiger partial charge in [0.2, 0.25) is 17.8 Å². The van der Waals surface area contributed by atoms with Crippen LogP contribution in [0.15, 0.2) is 54.6 Å². The number of nitrogens with one attached hydrogen (secondary N) is 2. The van der Waals surface area contributed by atoms with E-state index in [1.165, 1.54) is 0 Å². The molecule has 1 saturated heterocycles. The molecule has 0 saturated carbocycles. The third-order valence-corrected chi connectivity index (χ3v) is 4.98. The van der Waals surface area contributed by atoms with Gasteiger partial charge in [-0.1, -0.05) is 54.1 Å². The minimum absolute atomic E-state index is 0.0317. The fraction of sp³-hybridized carbons (Fsp3) is 0.200. The van der Waals surface area contributed by atoms with Gasteiger partial charge in [-0.25, -0.2) is 0 Å². The fourth-order valence-electron chi connectivity index (χ4n) is 3.21. The van der Waals surface area contributed by atoms with Crippen molar-refractivity contribution in [2.45, 2.75) is 13.0 Å². The highest BCUT2D eigenvalue weighted by atomic mass is 35.5. The van der Waals surface area contributed by atoms with Gasteiger partial charge in [0, 0.05) is 25.1 Å². The predicted molar refractivity (Wildman–Crippen MR) is 105 cm³/mol. The minimum Gasteiger partial charge on any atom is -0.338 e. The number of nitrogens with zero attached hydrogens (tertiary/aromatic N) is 3. The van der Waals surface area contributed by atoms with Crippen molar-refractivity contribution in [2.75, 3.05) is 11.9 Å². The van der Waals surface area contributed by atoms with Crippen LogP contribution in [-0.2, 0) is 16.1 Å². The van der Waals surface area contributed by atoms with E-state index >= 15 is 0 Å². The van der Waals surface area contributed by atoms with E-state index in [4.69, 9.17) is 11.6 Å². The van der Waals surface area contributed by atoms with Crippen LogP contribution in [0.3, 0.4) is 0 Å². The van der Waals surface area contributed by atoms with Crippen LogP contribution in [0.25, 0.3) is 11.4 Å². The summed E-state index contributed by atoms with van der Waals surface area (Å²) in [5.74, 6) is -0.106. The molecule has 1 fully saturated rings. The topological polar surface area (TPSA) is 91.0 Å². The van der Waals surface area contributed by atoms with Crippen molar-refractivity contribution in [1.82, 2.24) is 20.1 Å². The molecule has 2 N–H and O–H groups in total. The van der Waals surface area contributed by atoms with Crippen molar-refractivity contribution in [1.29, 1.82) is 0 Å². The molecule has 0 spiro atoms. The molecule has 0 radical (unpaired) electrons. The fourth-order valence-corrected chi connectivity index (χ4v) is 3.43. The van der Waals surface area contributed by atoms with Gasteiger partial charge in [-0.2, -0.15) is 4.98 Å². The number of carbonyl (C=O) groups is 2. The van der Waals surface area contributed by atoms with Crippen LogP contribution in [0.4, 0.5) is 5.95 Å². The average molecular weight is 396 g/mol. The summed E-state index contributed by atoms with van der Waals surface area (Å²) in [6.45, 7) is 0.877. The average Bonchev–Trinajstić information content (AvgIpc) is 3.30. The molecule has 1 aromatic heterocycles. The monoisotopic (exact) mass is 395 g/mol. The maximum Gasteiger partial charge on any atom is 0.249 e. The van der Waals surface area contributed by atoms with Crippen molar-refractivity contribution in [2.24, 2.45) is 5.92 Å². The van der Waals surface area contributed by atoms with Crippen molar-refractivity contribution >= 4 is 29.4 Å². The first-order chi connectivity index (χ1) is 13.6. The van der Waals surface area contributed by atoms with Crippen LogP contribution in [0.1, 0.15) is 12.0 Å². The number of benzene rings is 2. The molecule has 1 unspecified atom stereocenters. The van der Waals surface area contributed by atoms with E-state index in [0.717, 1.165) is 5.56 Å². The Bertz CT molecular complexity index is 1000. The third-order valence-electron chi connectivity index (χ3n) is 4.65. The van der Waals surface area contributed by atoms with Crippen molar-refractivity contribution in [3.8, 4) is 11.4 Å². The molecule has 28 heavy (non-hydrogen) atoms. The van der Waals surface area contributed by atoms with Gasteiger partial charge in [-0.3, -0.25) is 20.0 Å². The number of hydrogen-bond acceptors (Lipinski definition) is 4. The number of aromatic amines is 1. The molecule has 7 nitrogen and oxygen atoms in total. The Kier molecular flexibility index (Phi) is 5.08. The van der Waals surface area contributed by atoms with E-state index in [1.54, 1.807) is 11.0 Å². The van der Waals surface area contributed by atoms with Crippen LogP contribution < -0.4 is 5.32 Å². The SMILES string of the molecule is O=C(Nc1n[nH]c(-c2ccccc2Cl)n1)C1CC(=O)N(Cc2ccccc2)C1. The third kappa shape index (κ3) is 3.89. The lowest BCUT2D eigenvalue weighted by Gasteiger charge is -2.16. The molecule has 0 bridgehead atoms. The molecule has 3 aromatic rings.